The van der Waals surface area contributed by atoms with Gasteiger partial charge in [-0.2, -0.15) is 0 Å². The highest BCUT2D eigenvalue weighted by atomic mass is 16.7. The summed E-state index contributed by atoms with van der Waals surface area (Å²) < 4.78 is 108. The molecule has 52 nitrogen and oxygen atoms in total. The van der Waals surface area contributed by atoms with Crippen LogP contribution in [0.15, 0.2) is 24.3 Å². The van der Waals surface area contributed by atoms with E-state index >= 15 is 0 Å². The van der Waals surface area contributed by atoms with Crippen LogP contribution in [0, 0.1) is 11.8 Å². The van der Waals surface area contributed by atoms with Gasteiger partial charge in [0, 0.05) is 103 Å². The summed E-state index contributed by atoms with van der Waals surface area (Å²) in [4.78, 5) is 252. The SMILES string of the molecule is COCCOCCOCCOCCOCCOCCOCCOCCOCCOCC(=O)NCCCC[C@H](NC(=O)CCCNC(=O)[C@H]([C@@H](C(=O)NCCCC(=O)N[C@@H](CCCCNC(=O)COCCOCCOCCOCCOCCOCCOCCOCCOCCOC)C(=O)N[C@H](C(=O)ON1C(=O)CCC1=O)C(C)C)N1C(=O)C=CC1=O)N1C(=O)C=CC1=O)C(=O)N[C@H](C(=O)ON1C(=O)CCC1=O)C(C)C. The van der Waals surface area contributed by atoms with Crippen molar-refractivity contribution in [3.05, 3.63) is 24.3 Å². The van der Waals surface area contributed by atoms with Crippen LogP contribution in [0.1, 0.15) is 118 Å². The van der Waals surface area contributed by atoms with E-state index in [1.54, 1.807) is 41.9 Å². The topological polar surface area (TPSA) is 620 Å². The standard InChI is InChI=1S/C92H150N12O40/c1-67(2)83(91(121)143-103-79(113)21-22-80(103)114)99-87(117)69(13-7-9-25-93-73(107)65-141-63-61-139-59-57-137-55-53-135-51-49-133-47-45-131-43-41-129-39-37-127-35-33-125-31-29-123-5)97-71(105)15-11-27-95-89(119)85(101-75(109)17-18-76(101)110)86(102-77(111)19-20-78(102)112)90(120)96-28-12-16-72(106)98-70(88(118)100-84(68(3)4)92(122)144-104-81(115)23-24-82(104)116)14-8-10-26-94-74(108)66-142-64-62-140-60-58-138-56-54-136-52-50-134-48-46-132-44-42-130-40-38-128-36-34-126-32-30-124-6/h17-20,67-70,83-86H,7-16,21-66H2,1-6H3,(H,93,107)(H,94,108)(H,95,119)(H,96,120)(H,97,105)(H,98,106)(H,99,117)(H,100,118)/t69-,70-,83-,84-,85-,86-/m0/s1. The quantitative estimate of drug-likeness (QED) is 0.0212. The largest absolute Gasteiger partial charge is 0.382 e. The Bertz CT molecular complexity index is 3580. The molecule has 0 saturated carbocycles. The van der Waals surface area contributed by atoms with Crippen molar-refractivity contribution >= 4 is 106 Å². The van der Waals surface area contributed by atoms with E-state index in [9.17, 15) is 86.3 Å². The first-order valence-electron chi connectivity index (χ1n) is 48.6. The number of carbonyl (C=O) groups is 18. The van der Waals surface area contributed by atoms with Crippen molar-refractivity contribution in [3.63, 3.8) is 0 Å². The highest BCUT2D eigenvalue weighted by molar-refractivity contribution is 6.19. The van der Waals surface area contributed by atoms with Crippen LogP contribution in [0.3, 0.4) is 0 Å². The van der Waals surface area contributed by atoms with Gasteiger partial charge in [0.2, 0.25) is 47.3 Å². The van der Waals surface area contributed by atoms with Crippen LogP contribution < -0.4 is 42.5 Å². The lowest BCUT2D eigenvalue weighted by atomic mass is 10.0. The minimum atomic E-state index is -2.29. The fourth-order valence-corrected chi connectivity index (χ4v) is 13.1. The Morgan fingerprint density at radius 2 is 0.493 bits per heavy atom. The molecule has 0 aromatic carbocycles. The van der Waals surface area contributed by atoms with Crippen LogP contribution in [0.5, 0.6) is 0 Å². The summed E-state index contributed by atoms with van der Waals surface area (Å²) in [6.07, 6.45) is 1.47. The normalized spacial score (nSPS) is 14.9. The lowest BCUT2D eigenvalue weighted by molar-refractivity contribution is -0.199. The number of nitrogens with zero attached hydrogens (tertiary/aromatic N) is 4. The highest BCUT2D eigenvalue weighted by Gasteiger charge is 2.51. The number of hydrogen-bond acceptors (Lipinski definition) is 40. The van der Waals surface area contributed by atoms with Gasteiger partial charge >= 0.3 is 11.9 Å². The number of hydrogen-bond donors (Lipinski definition) is 8. The third-order valence-electron chi connectivity index (χ3n) is 20.7. The van der Waals surface area contributed by atoms with Crippen LogP contribution in [-0.2, 0) is 191 Å². The molecule has 0 aliphatic carbocycles. The summed E-state index contributed by atoms with van der Waals surface area (Å²) in [5.74, 6) is -18.3. The molecule has 4 rings (SSSR count). The molecule has 144 heavy (non-hydrogen) atoms. The van der Waals surface area contributed by atoms with Crippen LogP contribution in [0.2, 0.25) is 0 Å². The molecule has 4 aliphatic rings. The minimum Gasteiger partial charge on any atom is -0.382 e. The van der Waals surface area contributed by atoms with Crippen LogP contribution >= 0.6 is 0 Å². The number of unbranched alkanes of at least 4 members (excludes halogenated alkanes) is 2. The van der Waals surface area contributed by atoms with Gasteiger partial charge in [0.15, 0.2) is 0 Å². The summed E-state index contributed by atoms with van der Waals surface area (Å²) in [5.41, 5.74) is 0. The summed E-state index contributed by atoms with van der Waals surface area (Å²) >= 11 is 0. The second-order valence-corrected chi connectivity index (χ2v) is 32.7. The molecular weight excluding hydrogens is 1910 g/mol. The Labute approximate surface area is 837 Å². The Morgan fingerprint density at radius 1 is 0.271 bits per heavy atom. The van der Waals surface area contributed by atoms with Crippen molar-refractivity contribution in [1.29, 1.82) is 0 Å². The molecule has 52 heteroatoms. The first kappa shape index (κ1) is 126. The third-order valence-corrected chi connectivity index (χ3v) is 20.7. The number of imide groups is 4. The summed E-state index contributed by atoms with van der Waals surface area (Å²) in [6, 6.07) is -10.3. The van der Waals surface area contributed by atoms with Gasteiger partial charge in [-0.3, -0.25) is 86.5 Å². The molecule has 8 N–H and O–H groups in total. The monoisotopic (exact) mass is 2060 g/mol. The van der Waals surface area contributed by atoms with E-state index in [0.717, 1.165) is 24.3 Å². The van der Waals surface area contributed by atoms with Crippen molar-refractivity contribution in [2.75, 3.05) is 291 Å². The predicted octanol–water partition coefficient (Wildman–Crippen LogP) is -4.00. The third kappa shape index (κ3) is 56.6. The van der Waals surface area contributed by atoms with Gasteiger partial charge < -0.3 is 147 Å². The molecule has 2 fully saturated rings. The number of methoxy groups -OCH3 is 2. The van der Waals surface area contributed by atoms with E-state index < -0.39 is 180 Å². The fraction of sp³-hybridized carbons (Fsp3) is 0.761. The molecule has 0 aromatic rings. The van der Waals surface area contributed by atoms with Gasteiger partial charge in [-0.15, -0.1) is 10.1 Å². The molecule has 0 bridgehead atoms. The Kier molecular flexibility index (Phi) is 70.2. The number of nitrogens with one attached hydrogen (secondary N) is 8. The van der Waals surface area contributed by atoms with Crippen molar-refractivity contribution < 1.29 is 191 Å². The lowest BCUT2D eigenvalue weighted by Crippen LogP contribution is -2.66. The molecule has 0 unspecified atom stereocenters. The summed E-state index contributed by atoms with van der Waals surface area (Å²) in [6.45, 7) is 18.4. The summed E-state index contributed by atoms with van der Waals surface area (Å²) in [5, 5.41) is 21.2. The Balaban J connectivity index is 1.24. The van der Waals surface area contributed by atoms with E-state index in [4.69, 9.17) is 104 Å². The maximum absolute atomic E-state index is 14.6. The first-order valence-corrected chi connectivity index (χ1v) is 48.6. The van der Waals surface area contributed by atoms with Gasteiger partial charge in [0.1, 0.15) is 49.5 Å². The molecule has 0 radical (unpaired) electrons. The highest BCUT2D eigenvalue weighted by Crippen LogP contribution is 2.23. The van der Waals surface area contributed by atoms with Crippen LogP contribution in [-0.4, -0.2) is 454 Å². The predicted molar refractivity (Wildman–Crippen MR) is 498 cm³/mol. The number of rotatable bonds is 93. The summed E-state index contributed by atoms with van der Waals surface area (Å²) in [7, 11) is 3.22. The first-order chi connectivity index (χ1) is 69.7. The maximum atomic E-state index is 14.6. The van der Waals surface area contributed by atoms with Crippen LogP contribution in [0.25, 0.3) is 0 Å². The zero-order chi connectivity index (χ0) is 105. The van der Waals surface area contributed by atoms with E-state index in [0.29, 0.717) is 205 Å². The lowest BCUT2D eigenvalue weighted by Gasteiger charge is -2.35. The molecule has 16 amide bonds. The van der Waals surface area contributed by atoms with Gasteiger partial charge in [-0.1, -0.05) is 27.7 Å². The van der Waals surface area contributed by atoms with Gasteiger partial charge in [-0.25, -0.2) is 9.59 Å². The molecule has 4 aliphatic heterocycles. The second kappa shape index (κ2) is 80.1. The van der Waals surface area contributed by atoms with Gasteiger partial charge in [0.05, 0.1) is 238 Å². The van der Waals surface area contributed by atoms with Crippen LogP contribution in [0.4, 0.5) is 0 Å². The molecule has 0 spiro atoms. The van der Waals surface area contributed by atoms with E-state index in [-0.39, 0.29) is 156 Å². The molecule has 6 atom stereocenters. The second-order valence-electron chi connectivity index (χ2n) is 32.7. The Morgan fingerprint density at radius 3 is 0.722 bits per heavy atom. The zero-order valence-corrected chi connectivity index (χ0v) is 83.6. The average molecular weight is 2060 g/mol. The molecule has 0 aromatic heterocycles. The molecule has 818 valence electrons. The van der Waals surface area contributed by atoms with E-state index in [1.165, 1.54) is 0 Å². The molecule has 2 saturated heterocycles. The molecular formula is C92H150N12O40. The minimum absolute atomic E-state index is 0.0834. The van der Waals surface area contributed by atoms with Crippen molar-refractivity contribution in [1.82, 2.24) is 62.5 Å². The molecule has 4 heterocycles. The van der Waals surface area contributed by atoms with E-state index in [2.05, 4.69) is 42.5 Å². The maximum Gasteiger partial charge on any atom is 0.355 e. The average Bonchev–Trinajstić information content (AvgIpc) is 1.59. The van der Waals surface area contributed by atoms with E-state index in [1.807, 2.05) is 0 Å². The zero-order valence-electron chi connectivity index (χ0n) is 83.6. The smallest absolute Gasteiger partial charge is 0.355 e. The van der Waals surface area contributed by atoms with Crippen molar-refractivity contribution in [3.8, 4) is 0 Å². The van der Waals surface area contributed by atoms with Crippen molar-refractivity contribution in [2.45, 2.75) is 154 Å². The fourth-order valence-electron chi connectivity index (χ4n) is 13.1. The number of hydroxylamine groups is 4. The Hall–Kier alpha value is -10.1. The number of amides is 16. The van der Waals surface area contributed by atoms with Crippen molar-refractivity contribution in [2.24, 2.45) is 11.8 Å². The van der Waals surface area contributed by atoms with Gasteiger partial charge in [0.25, 0.3) is 47.3 Å². The number of carbonyl (C=O) groups excluding carboxylic acids is 18. The van der Waals surface area contributed by atoms with Gasteiger partial charge in [-0.05, 0) is 63.2 Å². The number of ether oxygens (including phenoxy) is 20.